The molecule has 118 valence electrons. The number of nitrogens with one attached hydrogen (secondary N) is 1. The molecular formula is C16H19ClN2O2S. The molecule has 4 nitrogen and oxygen atoms in total. The molecule has 0 heterocycles. The van der Waals surface area contributed by atoms with Crippen molar-refractivity contribution in [1.29, 1.82) is 0 Å². The summed E-state index contributed by atoms with van der Waals surface area (Å²) in [5.41, 5.74) is 2.80. The zero-order valence-corrected chi connectivity index (χ0v) is 14.4. The van der Waals surface area contributed by atoms with E-state index in [0.29, 0.717) is 16.5 Å². The first kappa shape index (κ1) is 16.8. The Morgan fingerprint density at radius 3 is 2.50 bits per heavy atom. The number of sulfonamides is 1. The maximum Gasteiger partial charge on any atom is 0.242 e. The molecule has 0 aliphatic heterocycles. The van der Waals surface area contributed by atoms with Crippen LogP contribution in [0.25, 0.3) is 0 Å². The molecule has 0 saturated carbocycles. The number of hydrogen-bond acceptors (Lipinski definition) is 3. The van der Waals surface area contributed by atoms with Gasteiger partial charge in [0.15, 0.2) is 0 Å². The number of hydrogen-bond donors (Lipinski definition) is 1. The van der Waals surface area contributed by atoms with E-state index in [1.807, 2.05) is 31.2 Å². The SMILES string of the molecule is Cc1c(Cl)cccc1NCc1cccc(S(=O)(=O)N(C)C)c1. The molecule has 2 rings (SSSR count). The summed E-state index contributed by atoms with van der Waals surface area (Å²) in [5.74, 6) is 0. The molecule has 0 saturated heterocycles. The lowest BCUT2D eigenvalue weighted by molar-refractivity contribution is 0.520. The fourth-order valence-corrected chi connectivity index (χ4v) is 3.17. The number of nitrogens with zero attached hydrogens (tertiary/aromatic N) is 1. The minimum atomic E-state index is -3.41. The van der Waals surface area contributed by atoms with Gasteiger partial charge in [-0.3, -0.25) is 0 Å². The van der Waals surface area contributed by atoms with Crippen LogP contribution in [0.1, 0.15) is 11.1 Å². The summed E-state index contributed by atoms with van der Waals surface area (Å²) < 4.78 is 25.5. The molecule has 0 radical (unpaired) electrons. The quantitative estimate of drug-likeness (QED) is 0.907. The fourth-order valence-electron chi connectivity index (χ4n) is 2.02. The van der Waals surface area contributed by atoms with Crippen LogP contribution in [-0.4, -0.2) is 26.8 Å². The molecular weight excluding hydrogens is 320 g/mol. The summed E-state index contributed by atoms with van der Waals surface area (Å²) >= 11 is 6.09. The summed E-state index contributed by atoms with van der Waals surface area (Å²) in [4.78, 5) is 0.291. The van der Waals surface area contributed by atoms with Gasteiger partial charge in [-0.1, -0.05) is 29.8 Å². The second-order valence-corrected chi connectivity index (χ2v) is 7.76. The zero-order chi connectivity index (χ0) is 16.3. The van der Waals surface area contributed by atoms with E-state index in [1.165, 1.54) is 18.4 Å². The van der Waals surface area contributed by atoms with Crippen molar-refractivity contribution in [2.75, 3.05) is 19.4 Å². The lowest BCUT2D eigenvalue weighted by atomic mass is 10.2. The molecule has 1 N–H and O–H groups in total. The van der Waals surface area contributed by atoms with Crippen LogP contribution in [0, 0.1) is 6.92 Å². The molecule has 0 amide bonds. The monoisotopic (exact) mass is 338 g/mol. The Bertz CT molecular complexity index is 773. The summed E-state index contributed by atoms with van der Waals surface area (Å²) in [6.07, 6.45) is 0. The van der Waals surface area contributed by atoms with Crippen LogP contribution in [-0.2, 0) is 16.6 Å². The summed E-state index contributed by atoms with van der Waals surface area (Å²) in [5, 5.41) is 3.99. The lowest BCUT2D eigenvalue weighted by Gasteiger charge is -2.14. The molecule has 0 spiro atoms. The highest BCUT2D eigenvalue weighted by molar-refractivity contribution is 7.89. The number of rotatable bonds is 5. The van der Waals surface area contributed by atoms with Gasteiger partial charge in [-0.05, 0) is 42.3 Å². The highest BCUT2D eigenvalue weighted by Gasteiger charge is 2.17. The van der Waals surface area contributed by atoms with Crippen LogP contribution < -0.4 is 5.32 Å². The summed E-state index contributed by atoms with van der Waals surface area (Å²) in [7, 11) is -0.366. The molecule has 0 bridgehead atoms. The molecule has 0 aliphatic carbocycles. The van der Waals surface area contributed by atoms with Crippen molar-refractivity contribution in [2.45, 2.75) is 18.4 Å². The maximum atomic E-state index is 12.1. The third kappa shape index (κ3) is 3.61. The predicted molar refractivity (Wildman–Crippen MR) is 90.8 cm³/mol. The molecule has 0 unspecified atom stereocenters. The Balaban J connectivity index is 2.20. The van der Waals surface area contributed by atoms with Gasteiger partial charge in [0.2, 0.25) is 10.0 Å². The van der Waals surface area contributed by atoms with E-state index in [1.54, 1.807) is 18.2 Å². The molecule has 2 aromatic carbocycles. The van der Waals surface area contributed by atoms with Gasteiger partial charge in [0.05, 0.1) is 4.90 Å². The summed E-state index contributed by atoms with van der Waals surface area (Å²) in [6.45, 7) is 2.47. The van der Waals surface area contributed by atoms with Crippen molar-refractivity contribution in [3.05, 3.63) is 58.6 Å². The smallest absolute Gasteiger partial charge is 0.242 e. The standard InChI is InChI=1S/C16H19ClN2O2S/c1-12-15(17)8-5-9-16(12)18-11-13-6-4-7-14(10-13)22(20,21)19(2)3/h4-10,18H,11H2,1-3H3. The van der Waals surface area contributed by atoms with Crippen LogP contribution >= 0.6 is 11.6 Å². The van der Waals surface area contributed by atoms with Crippen molar-refractivity contribution >= 4 is 27.3 Å². The average molecular weight is 339 g/mol. The van der Waals surface area contributed by atoms with E-state index < -0.39 is 10.0 Å². The van der Waals surface area contributed by atoms with Gasteiger partial charge in [-0.15, -0.1) is 0 Å². The molecule has 0 atom stereocenters. The van der Waals surface area contributed by atoms with Gasteiger partial charge in [0.1, 0.15) is 0 Å². The molecule has 6 heteroatoms. The Kier molecular flexibility index (Phi) is 5.11. The van der Waals surface area contributed by atoms with Crippen molar-refractivity contribution in [2.24, 2.45) is 0 Å². The van der Waals surface area contributed by atoms with Crippen LogP contribution in [0.15, 0.2) is 47.4 Å². The normalized spacial score (nSPS) is 11.7. The van der Waals surface area contributed by atoms with Gasteiger partial charge < -0.3 is 5.32 Å². The first-order valence-corrected chi connectivity index (χ1v) is 8.64. The topological polar surface area (TPSA) is 49.4 Å². The third-order valence-electron chi connectivity index (χ3n) is 3.43. The van der Waals surface area contributed by atoms with Crippen molar-refractivity contribution in [3.63, 3.8) is 0 Å². The van der Waals surface area contributed by atoms with Gasteiger partial charge in [0, 0.05) is 31.4 Å². The molecule has 0 aliphatic rings. The molecule has 0 aromatic heterocycles. The molecule has 2 aromatic rings. The number of anilines is 1. The van der Waals surface area contributed by atoms with Crippen LogP contribution in [0.5, 0.6) is 0 Å². The first-order valence-electron chi connectivity index (χ1n) is 6.83. The first-order chi connectivity index (χ1) is 10.3. The van der Waals surface area contributed by atoms with E-state index >= 15 is 0 Å². The second-order valence-electron chi connectivity index (χ2n) is 5.20. The highest BCUT2D eigenvalue weighted by Crippen LogP contribution is 2.23. The maximum absolute atomic E-state index is 12.1. The van der Waals surface area contributed by atoms with E-state index in [2.05, 4.69) is 5.32 Å². The highest BCUT2D eigenvalue weighted by atomic mass is 35.5. The van der Waals surface area contributed by atoms with E-state index in [-0.39, 0.29) is 0 Å². The summed E-state index contributed by atoms with van der Waals surface area (Å²) in [6, 6.07) is 12.6. The lowest BCUT2D eigenvalue weighted by Crippen LogP contribution is -2.22. The Morgan fingerprint density at radius 2 is 1.82 bits per heavy atom. The largest absolute Gasteiger partial charge is 0.381 e. The van der Waals surface area contributed by atoms with E-state index in [4.69, 9.17) is 11.6 Å². The van der Waals surface area contributed by atoms with Gasteiger partial charge in [-0.25, -0.2) is 12.7 Å². The Labute approximate surface area is 136 Å². The van der Waals surface area contributed by atoms with E-state index in [9.17, 15) is 8.42 Å². The van der Waals surface area contributed by atoms with Crippen LogP contribution in [0.3, 0.4) is 0 Å². The predicted octanol–water partition coefficient (Wildman–Crippen LogP) is 3.51. The molecule has 22 heavy (non-hydrogen) atoms. The van der Waals surface area contributed by atoms with Crippen molar-refractivity contribution in [1.82, 2.24) is 4.31 Å². The Morgan fingerprint density at radius 1 is 1.14 bits per heavy atom. The number of benzene rings is 2. The second kappa shape index (κ2) is 6.69. The van der Waals surface area contributed by atoms with Crippen molar-refractivity contribution in [3.8, 4) is 0 Å². The van der Waals surface area contributed by atoms with Crippen molar-refractivity contribution < 1.29 is 8.42 Å². The van der Waals surface area contributed by atoms with Crippen LogP contribution in [0.2, 0.25) is 5.02 Å². The van der Waals surface area contributed by atoms with Crippen LogP contribution in [0.4, 0.5) is 5.69 Å². The van der Waals surface area contributed by atoms with Gasteiger partial charge in [0.25, 0.3) is 0 Å². The number of halogens is 1. The third-order valence-corrected chi connectivity index (χ3v) is 5.65. The Hall–Kier alpha value is -1.56. The minimum absolute atomic E-state index is 0.291. The fraction of sp³-hybridized carbons (Fsp3) is 0.250. The molecule has 0 fully saturated rings. The minimum Gasteiger partial charge on any atom is -0.381 e. The van der Waals surface area contributed by atoms with Gasteiger partial charge >= 0.3 is 0 Å². The van der Waals surface area contributed by atoms with Gasteiger partial charge in [-0.2, -0.15) is 0 Å². The zero-order valence-electron chi connectivity index (χ0n) is 12.8. The van der Waals surface area contributed by atoms with E-state index in [0.717, 1.165) is 16.8 Å². The average Bonchev–Trinajstić information content (AvgIpc) is 2.49.